The molecule has 13 heavy (non-hydrogen) atoms. The number of ether oxygens (including phenoxy) is 1. The number of nitrogens with zero attached hydrogens (tertiary/aromatic N) is 1. The Morgan fingerprint density at radius 2 is 2.46 bits per heavy atom. The van der Waals surface area contributed by atoms with Crippen molar-refractivity contribution in [3.05, 3.63) is 28.2 Å². The lowest BCUT2D eigenvalue weighted by Gasteiger charge is -2.02. The van der Waals surface area contributed by atoms with Crippen LogP contribution in [-0.4, -0.2) is 18.1 Å². The van der Waals surface area contributed by atoms with E-state index < -0.39 is 11.8 Å². The average molecular weight is 248 g/mol. The molecule has 0 spiro atoms. The van der Waals surface area contributed by atoms with Crippen LogP contribution in [0.15, 0.2) is 16.9 Å². The summed E-state index contributed by atoms with van der Waals surface area (Å²) < 4.78 is 17.8. The summed E-state index contributed by atoms with van der Waals surface area (Å²) in [6, 6.07) is 1.20. The van der Waals surface area contributed by atoms with E-state index >= 15 is 0 Å². The lowest BCUT2D eigenvalue weighted by Crippen LogP contribution is -2.07. The van der Waals surface area contributed by atoms with Crippen LogP contribution in [0.1, 0.15) is 5.56 Å². The standard InChI is InChI=1S/C8H7BrFNO2/c1-13-7(12)4-5-6(10)2-3-11-8(5)9/h2-3H,4H2,1H3. The van der Waals surface area contributed by atoms with Crippen LogP contribution >= 0.6 is 15.9 Å². The van der Waals surface area contributed by atoms with E-state index in [1.807, 2.05) is 0 Å². The fourth-order valence-corrected chi connectivity index (χ4v) is 1.27. The number of rotatable bonds is 2. The second-order valence-electron chi connectivity index (χ2n) is 2.32. The third-order valence-electron chi connectivity index (χ3n) is 1.49. The molecule has 5 heteroatoms. The van der Waals surface area contributed by atoms with Gasteiger partial charge in [-0.2, -0.15) is 0 Å². The van der Waals surface area contributed by atoms with E-state index in [2.05, 4.69) is 25.7 Å². The topological polar surface area (TPSA) is 39.2 Å². The Morgan fingerprint density at radius 3 is 3.00 bits per heavy atom. The first kappa shape index (κ1) is 10.1. The van der Waals surface area contributed by atoms with Crippen LogP contribution in [0.25, 0.3) is 0 Å². The molecule has 0 unspecified atom stereocenters. The van der Waals surface area contributed by atoms with E-state index in [0.29, 0.717) is 4.60 Å². The van der Waals surface area contributed by atoms with Gasteiger partial charge in [-0.1, -0.05) is 0 Å². The van der Waals surface area contributed by atoms with E-state index in [0.717, 1.165) is 0 Å². The largest absolute Gasteiger partial charge is 0.469 e. The first-order chi connectivity index (χ1) is 6.15. The molecule has 0 saturated carbocycles. The molecule has 0 aromatic carbocycles. The maximum atomic E-state index is 13.1. The van der Waals surface area contributed by atoms with Crippen LogP contribution in [0.3, 0.4) is 0 Å². The van der Waals surface area contributed by atoms with Crippen molar-refractivity contribution < 1.29 is 13.9 Å². The Morgan fingerprint density at radius 1 is 1.77 bits per heavy atom. The Kier molecular flexibility index (Phi) is 3.36. The van der Waals surface area contributed by atoms with Crippen molar-refractivity contribution in [3.8, 4) is 0 Å². The number of methoxy groups -OCH3 is 1. The maximum absolute atomic E-state index is 13.1. The minimum Gasteiger partial charge on any atom is -0.469 e. The van der Waals surface area contributed by atoms with Gasteiger partial charge in [0.25, 0.3) is 0 Å². The van der Waals surface area contributed by atoms with Crippen LogP contribution in [0, 0.1) is 5.82 Å². The van der Waals surface area contributed by atoms with Crippen LogP contribution in [0.5, 0.6) is 0 Å². The number of aromatic nitrogens is 1. The zero-order chi connectivity index (χ0) is 9.84. The van der Waals surface area contributed by atoms with Gasteiger partial charge in [-0.25, -0.2) is 9.37 Å². The van der Waals surface area contributed by atoms with Gasteiger partial charge in [0, 0.05) is 11.8 Å². The van der Waals surface area contributed by atoms with Crippen LogP contribution in [-0.2, 0) is 16.0 Å². The zero-order valence-corrected chi connectivity index (χ0v) is 8.47. The monoisotopic (exact) mass is 247 g/mol. The molecule has 0 bridgehead atoms. The highest BCUT2D eigenvalue weighted by molar-refractivity contribution is 9.10. The van der Waals surface area contributed by atoms with E-state index in [-0.39, 0.29) is 12.0 Å². The summed E-state index contributed by atoms with van der Waals surface area (Å²) in [7, 11) is 1.25. The summed E-state index contributed by atoms with van der Waals surface area (Å²) in [5, 5.41) is 0. The molecule has 1 aromatic rings. The van der Waals surface area contributed by atoms with Crippen molar-refractivity contribution in [3.63, 3.8) is 0 Å². The van der Waals surface area contributed by atoms with E-state index in [9.17, 15) is 9.18 Å². The van der Waals surface area contributed by atoms with Gasteiger partial charge >= 0.3 is 5.97 Å². The fraction of sp³-hybridized carbons (Fsp3) is 0.250. The van der Waals surface area contributed by atoms with Crippen molar-refractivity contribution in [1.82, 2.24) is 4.98 Å². The van der Waals surface area contributed by atoms with Crippen LogP contribution < -0.4 is 0 Å². The summed E-state index contributed by atoms with van der Waals surface area (Å²) >= 11 is 3.05. The molecule has 0 aliphatic rings. The molecular formula is C8H7BrFNO2. The quantitative estimate of drug-likeness (QED) is 0.590. The SMILES string of the molecule is COC(=O)Cc1c(F)ccnc1Br. The molecule has 0 aliphatic heterocycles. The minimum absolute atomic E-state index is 0.114. The summed E-state index contributed by atoms with van der Waals surface area (Å²) in [5.41, 5.74) is 0.217. The molecule has 1 heterocycles. The normalized spacial score (nSPS) is 9.77. The highest BCUT2D eigenvalue weighted by Gasteiger charge is 2.12. The van der Waals surface area contributed by atoms with Crippen molar-refractivity contribution >= 4 is 21.9 Å². The van der Waals surface area contributed by atoms with Crippen molar-refractivity contribution in [2.45, 2.75) is 6.42 Å². The maximum Gasteiger partial charge on any atom is 0.310 e. The molecule has 0 aliphatic carbocycles. The fourth-order valence-electron chi connectivity index (χ4n) is 0.819. The van der Waals surface area contributed by atoms with Gasteiger partial charge in [0.2, 0.25) is 0 Å². The van der Waals surface area contributed by atoms with Gasteiger partial charge in [0.1, 0.15) is 10.4 Å². The molecule has 0 fully saturated rings. The molecule has 0 N–H and O–H groups in total. The first-order valence-corrected chi connectivity index (χ1v) is 4.30. The molecule has 0 atom stereocenters. The number of esters is 1. The molecule has 1 rings (SSSR count). The lowest BCUT2D eigenvalue weighted by molar-refractivity contribution is -0.139. The highest BCUT2D eigenvalue weighted by Crippen LogP contribution is 2.17. The Bertz CT molecular complexity index is 310. The third-order valence-corrected chi connectivity index (χ3v) is 2.18. The zero-order valence-electron chi connectivity index (χ0n) is 6.88. The molecule has 1 aromatic heterocycles. The summed E-state index contributed by atoms with van der Waals surface area (Å²) in [6.45, 7) is 0. The Balaban J connectivity index is 2.93. The predicted octanol–water partition coefficient (Wildman–Crippen LogP) is 1.70. The van der Waals surface area contributed by atoms with Crippen molar-refractivity contribution in [2.75, 3.05) is 7.11 Å². The van der Waals surface area contributed by atoms with E-state index in [1.54, 1.807) is 0 Å². The van der Waals surface area contributed by atoms with Gasteiger partial charge in [-0.05, 0) is 22.0 Å². The number of hydrogen-bond donors (Lipinski definition) is 0. The van der Waals surface area contributed by atoms with Crippen molar-refractivity contribution in [1.29, 1.82) is 0 Å². The molecule has 0 radical (unpaired) electrons. The number of halogens is 2. The second kappa shape index (κ2) is 4.32. The van der Waals surface area contributed by atoms with Crippen molar-refractivity contribution in [2.24, 2.45) is 0 Å². The number of hydrogen-bond acceptors (Lipinski definition) is 3. The average Bonchev–Trinajstić information content (AvgIpc) is 2.11. The van der Waals surface area contributed by atoms with E-state index in [4.69, 9.17) is 0 Å². The molecule has 0 saturated heterocycles. The lowest BCUT2D eigenvalue weighted by atomic mass is 10.2. The Hall–Kier alpha value is -0.970. The van der Waals surface area contributed by atoms with Crippen LogP contribution in [0.2, 0.25) is 0 Å². The minimum atomic E-state index is -0.493. The molecular weight excluding hydrogens is 241 g/mol. The first-order valence-electron chi connectivity index (χ1n) is 3.51. The van der Waals surface area contributed by atoms with Gasteiger partial charge in [0.05, 0.1) is 13.5 Å². The van der Waals surface area contributed by atoms with E-state index in [1.165, 1.54) is 19.4 Å². The van der Waals surface area contributed by atoms with Gasteiger partial charge < -0.3 is 4.74 Å². The van der Waals surface area contributed by atoms with Gasteiger partial charge in [-0.15, -0.1) is 0 Å². The third kappa shape index (κ3) is 2.48. The highest BCUT2D eigenvalue weighted by atomic mass is 79.9. The molecule has 0 amide bonds. The smallest absolute Gasteiger partial charge is 0.310 e. The molecule has 3 nitrogen and oxygen atoms in total. The number of carbonyl (C=O) groups is 1. The summed E-state index contributed by atoms with van der Waals surface area (Å²) in [4.78, 5) is 14.6. The predicted molar refractivity (Wildman–Crippen MR) is 47.6 cm³/mol. The summed E-state index contributed by atoms with van der Waals surface area (Å²) in [5.74, 6) is -0.958. The van der Waals surface area contributed by atoms with Crippen LogP contribution in [0.4, 0.5) is 4.39 Å². The second-order valence-corrected chi connectivity index (χ2v) is 3.07. The van der Waals surface area contributed by atoms with Gasteiger partial charge in [-0.3, -0.25) is 4.79 Å². The summed E-state index contributed by atoms with van der Waals surface area (Å²) in [6.07, 6.45) is 1.21. The molecule has 70 valence electrons. The number of pyridine rings is 1. The Labute approximate surface area is 83.1 Å². The number of carbonyl (C=O) groups excluding carboxylic acids is 1. The van der Waals surface area contributed by atoms with Gasteiger partial charge in [0.15, 0.2) is 0 Å².